The molecule has 2 N–H and O–H groups in total. The molecule has 0 spiro atoms. The summed E-state index contributed by atoms with van der Waals surface area (Å²) < 4.78 is 9.58. The van der Waals surface area contributed by atoms with Gasteiger partial charge in [-0.3, -0.25) is 4.90 Å². The van der Waals surface area contributed by atoms with E-state index in [0.717, 1.165) is 56.2 Å². The van der Waals surface area contributed by atoms with Gasteiger partial charge in [0, 0.05) is 50.9 Å². The van der Waals surface area contributed by atoms with Gasteiger partial charge in [-0.15, -0.1) is 5.10 Å². The normalized spacial score (nSPS) is 17.9. The highest BCUT2D eigenvalue weighted by molar-refractivity contribution is 7.99. The number of rotatable bonds is 8. The van der Waals surface area contributed by atoms with Crippen molar-refractivity contribution < 1.29 is 4.74 Å². The molecule has 1 saturated heterocycles. The zero-order valence-corrected chi connectivity index (χ0v) is 23.6. The molecule has 0 amide bonds. The number of fused-ring (bicyclic) bond motifs is 2. The first-order valence-corrected chi connectivity index (χ1v) is 15.0. The molecule has 0 bridgehead atoms. The van der Waals surface area contributed by atoms with Crippen LogP contribution in [0.3, 0.4) is 0 Å². The van der Waals surface area contributed by atoms with Crippen molar-refractivity contribution in [1.82, 2.24) is 19.5 Å². The van der Waals surface area contributed by atoms with Crippen LogP contribution in [0.2, 0.25) is 0 Å². The van der Waals surface area contributed by atoms with Crippen LogP contribution in [0, 0.1) is 0 Å². The Morgan fingerprint density at radius 1 is 1.03 bits per heavy atom. The van der Waals surface area contributed by atoms with E-state index >= 15 is 0 Å². The van der Waals surface area contributed by atoms with Gasteiger partial charge in [-0.2, -0.15) is 4.98 Å². The highest BCUT2D eigenvalue weighted by Crippen LogP contribution is 2.29. The second-order valence-corrected chi connectivity index (χ2v) is 11.2. The molecule has 4 aromatic rings. The molecule has 1 atom stereocenters. The molecule has 6 rings (SSSR count). The number of morpholine rings is 1. The van der Waals surface area contributed by atoms with E-state index in [0.29, 0.717) is 18.5 Å². The molecule has 1 unspecified atom stereocenters. The monoisotopic (exact) mass is 543 g/mol. The Kier molecular flexibility index (Phi) is 7.90. The first-order chi connectivity index (χ1) is 19.2. The predicted molar refractivity (Wildman–Crippen MR) is 161 cm³/mol. The number of nitrogens with one attached hydrogen (secondary N) is 2. The summed E-state index contributed by atoms with van der Waals surface area (Å²) in [7, 11) is 2.09. The van der Waals surface area contributed by atoms with Crippen molar-refractivity contribution in [2.24, 2.45) is 0 Å². The number of hydrogen-bond donors (Lipinski definition) is 2. The van der Waals surface area contributed by atoms with Gasteiger partial charge in [-0.1, -0.05) is 36.2 Å². The topological polar surface area (TPSA) is 70.0 Å². The minimum atomic E-state index is 0.603. The Hall–Kier alpha value is -3.27. The van der Waals surface area contributed by atoms with E-state index in [1.54, 1.807) is 11.9 Å². The maximum absolute atomic E-state index is 5.57. The van der Waals surface area contributed by atoms with E-state index in [9.17, 15) is 0 Å². The zero-order chi connectivity index (χ0) is 26.6. The molecule has 3 heterocycles. The molecule has 0 radical (unpaired) electrons. The Morgan fingerprint density at radius 3 is 2.69 bits per heavy atom. The SMILES string of the molecule is CSN(C)c1ccccc1CNc1cccn2nc(Nc3ccc4c(c3)CCC(N3CCOCC3)CC4)nc12. The fraction of sp³-hybridized carbons (Fsp3) is 0.400. The molecule has 1 aliphatic carbocycles. The molecule has 1 fully saturated rings. The minimum Gasteiger partial charge on any atom is -0.379 e. The van der Waals surface area contributed by atoms with E-state index in [1.165, 1.54) is 35.2 Å². The van der Waals surface area contributed by atoms with Crippen molar-refractivity contribution in [3.63, 3.8) is 0 Å². The maximum atomic E-state index is 5.57. The van der Waals surface area contributed by atoms with E-state index in [1.807, 2.05) is 16.8 Å². The summed E-state index contributed by atoms with van der Waals surface area (Å²) in [4.78, 5) is 7.47. The summed E-state index contributed by atoms with van der Waals surface area (Å²) in [6.07, 6.45) is 8.69. The second kappa shape index (κ2) is 11.9. The van der Waals surface area contributed by atoms with Crippen LogP contribution in [0.1, 0.15) is 29.5 Å². The first kappa shape index (κ1) is 26.0. The Labute approximate surface area is 234 Å². The third kappa shape index (κ3) is 5.85. The van der Waals surface area contributed by atoms with E-state index in [4.69, 9.17) is 14.8 Å². The molecule has 8 nitrogen and oxygen atoms in total. The summed E-state index contributed by atoms with van der Waals surface area (Å²) in [5.74, 6) is 0.603. The van der Waals surface area contributed by atoms with Crippen molar-refractivity contribution in [2.45, 2.75) is 38.3 Å². The molecular formula is C30H37N7OS. The number of para-hydroxylation sites is 1. The number of aryl methyl sites for hydroxylation is 2. The van der Waals surface area contributed by atoms with Crippen LogP contribution in [-0.2, 0) is 24.1 Å². The van der Waals surface area contributed by atoms with Crippen LogP contribution < -0.4 is 14.9 Å². The number of nitrogens with zero attached hydrogens (tertiary/aromatic N) is 5. The van der Waals surface area contributed by atoms with Gasteiger partial charge < -0.3 is 19.7 Å². The largest absolute Gasteiger partial charge is 0.379 e. The van der Waals surface area contributed by atoms with Gasteiger partial charge in [0.05, 0.1) is 24.6 Å². The fourth-order valence-electron chi connectivity index (χ4n) is 5.76. The molecule has 2 aromatic carbocycles. The predicted octanol–water partition coefficient (Wildman–Crippen LogP) is 5.38. The maximum Gasteiger partial charge on any atom is 0.247 e. The Morgan fingerprint density at radius 2 is 1.85 bits per heavy atom. The highest BCUT2D eigenvalue weighted by Gasteiger charge is 2.24. The molecule has 1 aliphatic heterocycles. The standard InChI is InChI=1S/C30H37N7OS/c1-35(39-2)28-8-4-3-6-24(28)21-31-27-7-5-15-37-29(27)33-30(34-37)32-25-12-9-22-10-13-26(14-11-23(22)20-25)36-16-18-38-19-17-36/h3-9,12,15,20,26,31H,10-11,13-14,16-19,21H2,1-2H3,(H,32,34). The summed E-state index contributed by atoms with van der Waals surface area (Å²) in [5.41, 5.74) is 8.14. The molecule has 2 aromatic heterocycles. The summed E-state index contributed by atoms with van der Waals surface area (Å²) in [6, 6.07) is 19.9. The summed E-state index contributed by atoms with van der Waals surface area (Å²) in [6.45, 7) is 4.55. The average Bonchev–Trinajstić information content (AvgIpc) is 3.28. The van der Waals surface area contributed by atoms with Crippen molar-refractivity contribution in [3.8, 4) is 0 Å². The van der Waals surface area contributed by atoms with Crippen LogP contribution in [0.25, 0.3) is 5.65 Å². The van der Waals surface area contributed by atoms with Gasteiger partial charge in [0.15, 0.2) is 5.65 Å². The molecule has 9 heteroatoms. The van der Waals surface area contributed by atoms with Crippen LogP contribution in [0.15, 0.2) is 60.8 Å². The van der Waals surface area contributed by atoms with Crippen molar-refractivity contribution in [1.29, 1.82) is 0 Å². The number of pyridine rings is 1. The molecule has 2 aliphatic rings. The van der Waals surface area contributed by atoms with Gasteiger partial charge >= 0.3 is 0 Å². The number of aromatic nitrogens is 3. The second-order valence-electron chi connectivity index (χ2n) is 10.3. The van der Waals surface area contributed by atoms with Crippen LogP contribution in [0.4, 0.5) is 23.0 Å². The Bertz CT molecular complexity index is 1420. The Balaban J connectivity index is 1.15. The van der Waals surface area contributed by atoms with Gasteiger partial charge in [0.2, 0.25) is 5.95 Å². The smallest absolute Gasteiger partial charge is 0.247 e. The van der Waals surface area contributed by atoms with Crippen LogP contribution in [0.5, 0.6) is 0 Å². The number of hydrogen-bond acceptors (Lipinski definition) is 8. The number of ether oxygens (including phenoxy) is 1. The van der Waals surface area contributed by atoms with E-state index in [-0.39, 0.29) is 0 Å². The lowest BCUT2D eigenvalue weighted by Crippen LogP contribution is -2.43. The van der Waals surface area contributed by atoms with E-state index in [2.05, 4.69) is 81.7 Å². The van der Waals surface area contributed by atoms with Crippen molar-refractivity contribution in [2.75, 3.05) is 54.5 Å². The lowest BCUT2D eigenvalue weighted by molar-refractivity contribution is 0.0136. The van der Waals surface area contributed by atoms with E-state index < -0.39 is 0 Å². The number of anilines is 4. The lowest BCUT2D eigenvalue weighted by atomic mass is 10.0. The minimum absolute atomic E-state index is 0.603. The molecule has 0 saturated carbocycles. The highest BCUT2D eigenvalue weighted by atomic mass is 32.2. The van der Waals surface area contributed by atoms with Crippen LogP contribution >= 0.6 is 11.9 Å². The van der Waals surface area contributed by atoms with Gasteiger partial charge in [0.1, 0.15) is 0 Å². The number of benzene rings is 2. The quantitative estimate of drug-likeness (QED) is 0.227. The van der Waals surface area contributed by atoms with Crippen LogP contribution in [-0.4, -0.2) is 65.1 Å². The third-order valence-corrected chi connectivity index (χ3v) is 8.70. The molecule has 204 valence electrons. The average molecular weight is 544 g/mol. The molecular weight excluding hydrogens is 506 g/mol. The summed E-state index contributed by atoms with van der Waals surface area (Å²) >= 11 is 1.70. The zero-order valence-electron chi connectivity index (χ0n) is 22.8. The lowest BCUT2D eigenvalue weighted by Gasteiger charge is -2.33. The fourth-order valence-corrected chi connectivity index (χ4v) is 6.13. The van der Waals surface area contributed by atoms with Crippen molar-refractivity contribution in [3.05, 3.63) is 77.5 Å². The first-order valence-electron chi connectivity index (χ1n) is 13.8. The van der Waals surface area contributed by atoms with Gasteiger partial charge in [-0.25, -0.2) is 4.52 Å². The van der Waals surface area contributed by atoms with Gasteiger partial charge in [-0.05, 0) is 72.7 Å². The van der Waals surface area contributed by atoms with Gasteiger partial charge in [0.25, 0.3) is 0 Å². The molecule has 39 heavy (non-hydrogen) atoms. The third-order valence-electron chi connectivity index (χ3n) is 7.95. The van der Waals surface area contributed by atoms with Crippen molar-refractivity contribution >= 4 is 40.6 Å². The summed E-state index contributed by atoms with van der Waals surface area (Å²) in [5, 5.41) is 11.8.